The highest BCUT2D eigenvalue weighted by Gasteiger charge is 2.05. The zero-order chi connectivity index (χ0) is 16.3. The van der Waals surface area contributed by atoms with Crippen LogP contribution >= 0.6 is 0 Å². The second-order valence-corrected chi connectivity index (χ2v) is 7.33. The van der Waals surface area contributed by atoms with Crippen LogP contribution in [0, 0.1) is 12.8 Å². The molecule has 0 rings (SSSR count). The van der Waals surface area contributed by atoms with Gasteiger partial charge in [0.2, 0.25) is 0 Å². The van der Waals surface area contributed by atoms with Crippen molar-refractivity contribution in [2.24, 2.45) is 5.92 Å². The minimum absolute atomic E-state index is 0.913. The van der Waals surface area contributed by atoms with Gasteiger partial charge in [0.05, 0.1) is 0 Å². The molecule has 1 atom stereocenters. The molecule has 133 valence electrons. The third-order valence-electron chi connectivity index (χ3n) is 5.09. The van der Waals surface area contributed by atoms with Gasteiger partial charge in [0.15, 0.2) is 0 Å². The zero-order valence-electron chi connectivity index (χ0n) is 16.0. The van der Waals surface area contributed by atoms with E-state index in [4.69, 9.17) is 0 Å². The summed E-state index contributed by atoms with van der Waals surface area (Å²) in [4.78, 5) is 0. The van der Waals surface area contributed by atoms with Gasteiger partial charge in [-0.25, -0.2) is 0 Å². The highest BCUT2D eigenvalue weighted by molar-refractivity contribution is 4.62. The summed E-state index contributed by atoms with van der Waals surface area (Å²) in [6, 6.07) is 0. The second kappa shape index (κ2) is 19.0. The van der Waals surface area contributed by atoms with Crippen molar-refractivity contribution in [3.63, 3.8) is 0 Å². The largest absolute Gasteiger partial charge is 0.0654 e. The molecule has 1 unspecified atom stereocenters. The van der Waals surface area contributed by atoms with E-state index in [1.54, 1.807) is 0 Å². The number of hydrogen-bond acceptors (Lipinski definition) is 0. The van der Waals surface area contributed by atoms with Crippen LogP contribution in [0.15, 0.2) is 0 Å². The van der Waals surface area contributed by atoms with Crippen LogP contribution in [-0.2, 0) is 0 Å². The monoisotopic (exact) mass is 309 g/mol. The number of unbranched alkanes of at least 4 members (excludes halogenated alkanes) is 13. The molecule has 22 heavy (non-hydrogen) atoms. The van der Waals surface area contributed by atoms with Crippen molar-refractivity contribution in [3.8, 4) is 0 Å². The van der Waals surface area contributed by atoms with Crippen LogP contribution in [0.1, 0.15) is 129 Å². The minimum Gasteiger partial charge on any atom is -0.0654 e. The van der Waals surface area contributed by atoms with E-state index in [0.29, 0.717) is 0 Å². The Labute approximate surface area is 142 Å². The average molecular weight is 310 g/mol. The van der Waals surface area contributed by atoms with Gasteiger partial charge in [0, 0.05) is 0 Å². The maximum atomic E-state index is 4.17. The Balaban J connectivity index is 3.28. The van der Waals surface area contributed by atoms with Gasteiger partial charge in [0.25, 0.3) is 0 Å². The number of hydrogen-bond donors (Lipinski definition) is 0. The maximum Gasteiger partial charge on any atom is -0.0414 e. The standard InChI is InChI=1S/C22H45/c1-4-7-9-11-13-14-15-17-19-21-22(6-3)20-18-16-12-10-8-5-2/h22H,3-21H2,1-2H3. The summed E-state index contributed by atoms with van der Waals surface area (Å²) in [5.41, 5.74) is 0. The lowest BCUT2D eigenvalue weighted by Gasteiger charge is -2.14. The van der Waals surface area contributed by atoms with Crippen LogP contribution in [0.3, 0.4) is 0 Å². The third-order valence-corrected chi connectivity index (χ3v) is 5.09. The van der Waals surface area contributed by atoms with Gasteiger partial charge in [-0.05, 0) is 5.92 Å². The van der Waals surface area contributed by atoms with Crippen LogP contribution < -0.4 is 0 Å². The molecule has 0 aliphatic carbocycles. The summed E-state index contributed by atoms with van der Waals surface area (Å²) in [5, 5.41) is 0. The fourth-order valence-electron chi connectivity index (χ4n) is 3.39. The highest BCUT2D eigenvalue weighted by Crippen LogP contribution is 2.21. The van der Waals surface area contributed by atoms with Crippen molar-refractivity contribution in [1.29, 1.82) is 0 Å². The molecule has 0 aromatic carbocycles. The summed E-state index contributed by atoms with van der Waals surface area (Å²) < 4.78 is 0. The molecule has 0 nitrogen and oxygen atoms in total. The molecule has 0 aromatic heterocycles. The Morgan fingerprint density at radius 1 is 0.500 bits per heavy atom. The van der Waals surface area contributed by atoms with E-state index < -0.39 is 0 Å². The summed E-state index contributed by atoms with van der Waals surface area (Å²) in [5.74, 6) is 0.913. The van der Waals surface area contributed by atoms with Gasteiger partial charge in [-0.2, -0.15) is 0 Å². The molecule has 0 amide bonds. The van der Waals surface area contributed by atoms with Crippen molar-refractivity contribution in [2.45, 2.75) is 129 Å². The quantitative estimate of drug-likeness (QED) is 0.223. The summed E-state index contributed by atoms with van der Waals surface area (Å²) >= 11 is 0. The molecular weight excluding hydrogens is 264 g/mol. The first-order valence-electron chi connectivity index (χ1n) is 10.6. The van der Waals surface area contributed by atoms with Crippen molar-refractivity contribution in [3.05, 3.63) is 6.92 Å². The van der Waals surface area contributed by atoms with Crippen molar-refractivity contribution in [2.75, 3.05) is 0 Å². The molecule has 0 saturated heterocycles. The topological polar surface area (TPSA) is 0 Å². The van der Waals surface area contributed by atoms with Crippen molar-refractivity contribution in [1.82, 2.24) is 0 Å². The molecule has 0 fully saturated rings. The van der Waals surface area contributed by atoms with Crippen LogP contribution in [0.5, 0.6) is 0 Å². The summed E-state index contributed by atoms with van der Waals surface area (Å²) in [6.45, 7) is 8.76. The Hall–Kier alpha value is 0. The SMILES string of the molecule is [CH2]CC(CCCCCCCC)CCCCCCCCCCC. The minimum atomic E-state index is 0.913. The number of rotatable bonds is 18. The Morgan fingerprint density at radius 2 is 0.818 bits per heavy atom. The summed E-state index contributed by atoms with van der Waals surface area (Å²) in [7, 11) is 0. The molecule has 0 aliphatic heterocycles. The molecule has 0 heterocycles. The first-order chi connectivity index (χ1) is 10.8. The second-order valence-electron chi connectivity index (χ2n) is 7.33. The van der Waals surface area contributed by atoms with Gasteiger partial charge in [0.1, 0.15) is 0 Å². The van der Waals surface area contributed by atoms with E-state index in [2.05, 4.69) is 20.8 Å². The predicted octanol–water partition coefficient (Wildman–Crippen LogP) is 8.50. The van der Waals surface area contributed by atoms with E-state index in [9.17, 15) is 0 Å². The Kier molecular flexibility index (Phi) is 19.0. The van der Waals surface area contributed by atoms with Crippen molar-refractivity contribution < 1.29 is 0 Å². The van der Waals surface area contributed by atoms with E-state index in [0.717, 1.165) is 12.3 Å². The van der Waals surface area contributed by atoms with Gasteiger partial charge in [-0.15, -0.1) is 0 Å². The molecule has 0 bridgehead atoms. The lowest BCUT2D eigenvalue weighted by atomic mass is 9.92. The Morgan fingerprint density at radius 3 is 1.14 bits per heavy atom. The lowest BCUT2D eigenvalue weighted by molar-refractivity contribution is 0.404. The molecular formula is C22H45. The van der Waals surface area contributed by atoms with Crippen LogP contribution in [0.25, 0.3) is 0 Å². The fraction of sp³-hybridized carbons (Fsp3) is 0.955. The molecule has 0 aromatic rings. The fourth-order valence-corrected chi connectivity index (χ4v) is 3.39. The normalized spacial score (nSPS) is 12.7. The molecule has 1 radical (unpaired) electrons. The van der Waals surface area contributed by atoms with Gasteiger partial charge < -0.3 is 0 Å². The molecule has 0 saturated carbocycles. The van der Waals surface area contributed by atoms with Gasteiger partial charge in [-0.1, -0.05) is 136 Å². The maximum absolute atomic E-state index is 4.17. The molecule has 0 spiro atoms. The van der Waals surface area contributed by atoms with E-state index in [1.165, 1.54) is 109 Å². The predicted molar refractivity (Wildman–Crippen MR) is 103 cm³/mol. The van der Waals surface area contributed by atoms with E-state index in [-0.39, 0.29) is 0 Å². The van der Waals surface area contributed by atoms with E-state index >= 15 is 0 Å². The zero-order valence-corrected chi connectivity index (χ0v) is 16.0. The smallest absolute Gasteiger partial charge is 0.0414 e. The average Bonchev–Trinajstić information content (AvgIpc) is 2.54. The molecule has 0 N–H and O–H groups in total. The third kappa shape index (κ3) is 16.4. The van der Waals surface area contributed by atoms with Crippen LogP contribution in [0.2, 0.25) is 0 Å². The molecule has 0 heteroatoms. The molecule has 0 aliphatic rings. The van der Waals surface area contributed by atoms with E-state index in [1.807, 2.05) is 0 Å². The van der Waals surface area contributed by atoms with Gasteiger partial charge >= 0.3 is 0 Å². The summed E-state index contributed by atoms with van der Waals surface area (Å²) in [6.07, 6.45) is 25.7. The highest BCUT2D eigenvalue weighted by atomic mass is 14.1. The first kappa shape index (κ1) is 22.0. The van der Waals surface area contributed by atoms with Crippen molar-refractivity contribution >= 4 is 0 Å². The first-order valence-corrected chi connectivity index (χ1v) is 10.6. The lowest BCUT2D eigenvalue weighted by Crippen LogP contribution is -1.99. The van der Waals surface area contributed by atoms with Crippen LogP contribution in [-0.4, -0.2) is 0 Å². The Bertz CT molecular complexity index is 184. The van der Waals surface area contributed by atoms with Crippen LogP contribution in [0.4, 0.5) is 0 Å². The van der Waals surface area contributed by atoms with Gasteiger partial charge in [-0.3, -0.25) is 0 Å².